The third kappa shape index (κ3) is 2.46. The molecule has 1 unspecified atom stereocenters. The molecular formula is C12H16BrN3OS. The minimum absolute atomic E-state index is 0.0879. The van der Waals surface area contributed by atoms with Crippen LogP contribution in [0, 0.1) is 0 Å². The maximum atomic E-state index is 5.41. The summed E-state index contributed by atoms with van der Waals surface area (Å²) >= 11 is 5.18. The van der Waals surface area contributed by atoms with E-state index in [1.807, 2.05) is 11.7 Å². The first-order chi connectivity index (χ1) is 8.71. The molecule has 0 saturated heterocycles. The standard InChI is InChI=1S/C12H16BrN3OS/c1-4-16-12(9(17-3)6-15-16)11(14-2)8-5-10(13)18-7-8/h5-7,11,14H,4H2,1-3H3. The van der Waals surface area contributed by atoms with Gasteiger partial charge in [0.05, 0.1) is 23.1 Å². The van der Waals surface area contributed by atoms with Crippen molar-refractivity contribution in [3.8, 4) is 5.75 Å². The van der Waals surface area contributed by atoms with Gasteiger partial charge in [0.25, 0.3) is 0 Å². The molecule has 0 aliphatic carbocycles. The Morgan fingerprint density at radius 3 is 2.89 bits per heavy atom. The zero-order chi connectivity index (χ0) is 13.1. The fraction of sp³-hybridized carbons (Fsp3) is 0.417. The summed E-state index contributed by atoms with van der Waals surface area (Å²) in [4.78, 5) is 0. The predicted molar refractivity (Wildman–Crippen MR) is 77.4 cm³/mol. The molecule has 0 aliphatic heterocycles. The number of rotatable bonds is 5. The van der Waals surface area contributed by atoms with Crippen LogP contribution in [0.15, 0.2) is 21.4 Å². The van der Waals surface area contributed by atoms with Gasteiger partial charge >= 0.3 is 0 Å². The molecule has 0 spiro atoms. The van der Waals surface area contributed by atoms with Crippen molar-refractivity contribution in [2.75, 3.05) is 14.2 Å². The van der Waals surface area contributed by atoms with E-state index in [2.05, 4.69) is 44.7 Å². The Morgan fingerprint density at radius 2 is 2.39 bits per heavy atom. The van der Waals surface area contributed by atoms with Crippen LogP contribution in [0.5, 0.6) is 5.75 Å². The Balaban J connectivity index is 2.46. The van der Waals surface area contributed by atoms with Crippen LogP contribution >= 0.6 is 27.3 Å². The van der Waals surface area contributed by atoms with Crippen LogP contribution < -0.4 is 10.1 Å². The Bertz CT molecular complexity index is 502. The highest BCUT2D eigenvalue weighted by Crippen LogP contribution is 2.33. The lowest BCUT2D eigenvalue weighted by Crippen LogP contribution is -2.21. The molecule has 0 amide bonds. The summed E-state index contributed by atoms with van der Waals surface area (Å²) in [6.07, 6.45) is 1.77. The summed E-state index contributed by atoms with van der Waals surface area (Å²) in [5, 5.41) is 9.82. The minimum atomic E-state index is 0.0879. The summed E-state index contributed by atoms with van der Waals surface area (Å²) < 4.78 is 8.50. The molecule has 4 nitrogen and oxygen atoms in total. The lowest BCUT2D eigenvalue weighted by atomic mass is 10.1. The lowest BCUT2D eigenvalue weighted by Gasteiger charge is -2.18. The number of hydrogen-bond donors (Lipinski definition) is 1. The number of aromatic nitrogens is 2. The van der Waals surface area contributed by atoms with Gasteiger partial charge in [-0.2, -0.15) is 5.10 Å². The van der Waals surface area contributed by atoms with E-state index >= 15 is 0 Å². The normalized spacial score (nSPS) is 12.7. The van der Waals surface area contributed by atoms with Crippen molar-refractivity contribution in [1.82, 2.24) is 15.1 Å². The Hall–Kier alpha value is -0.850. The van der Waals surface area contributed by atoms with E-state index in [9.17, 15) is 0 Å². The SMILES string of the molecule is CCn1ncc(OC)c1C(NC)c1csc(Br)c1. The molecule has 2 rings (SSSR count). The molecule has 0 radical (unpaired) electrons. The van der Waals surface area contributed by atoms with Crippen molar-refractivity contribution in [2.24, 2.45) is 0 Å². The topological polar surface area (TPSA) is 39.1 Å². The molecule has 1 N–H and O–H groups in total. The molecule has 98 valence electrons. The van der Waals surface area contributed by atoms with Gasteiger partial charge in [0, 0.05) is 6.54 Å². The summed E-state index contributed by atoms with van der Waals surface area (Å²) in [5.74, 6) is 0.818. The second kappa shape index (κ2) is 5.86. The highest BCUT2D eigenvalue weighted by Gasteiger charge is 2.22. The number of nitrogens with one attached hydrogen (secondary N) is 1. The third-order valence-electron chi connectivity index (χ3n) is 2.85. The molecule has 2 aromatic rings. The number of halogens is 1. The van der Waals surface area contributed by atoms with Crippen LogP contribution in [0.4, 0.5) is 0 Å². The van der Waals surface area contributed by atoms with Gasteiger partial charge in [0.2, 0.25) is 0 Å². The second-order valence-corrected chi connectivity index (χ2v) is 6.11. The quantitative estimate of drug-likeness (QED) is 0.916. The Kier molecular flexibility index (Phi) is 4.42. The first kappa shape index (κ1) is 13.6. The number of thiophene rings is 1. The average Bonchev–Trinajstić information content (AvgIpc) is 2.97. The smallest absolute Gasteiger partial charge is 0.161 e. The predicted octanol–water partition coefficient (Wildman–Crippen LogP) is 3.04. The van der Waals surface area contributed by atoms with Gasteiger partial charge in [0.15, 0.2) is 5.75 Å². The van der Waals surface area contributed by atoms with E-state index in [0.29, 0.717) is 0 Å². The van der Waals surface area contributed by atoms with Gasteiger partial charge < -0.3 is 10.1 Å². The van der Waals surface area contributed by atoms with Crippen LogP contribution in [0.2, 0.25) is 0 Å². The first-order valence-electron chi connectivity index (χ1n) is 5.72. The van der Waals surface area contributed by atoms with E-state index in [1.165, 1.54) is 5.56 Å². The Morgan fingerprint density at radius 1 is 1.61 bits per heavy atom. The van der Waals surface area contributed by atoms with E-state index in [1.54, 1.807) is 24.6 Å². The maximum Gasteiger partial charge on any atom is 0.161 e. The molecule has 1 atom stereocenters. The first-order valence-corrected chi connectivity index (χ1v) is 7.39. The van der Waals surface area contributed by atoms with E-state index < -0.39 is 0 Å². The van der Waals surface area contributed by atoms with Crippen molar-refractivity contribution in [3.05, 3.63) is 32.7 Å². The van der Waals surface area contributed by atoms with Gasteiger partial charge in [-0.15, -0.1) is 11.3 Å². The van der Waals surface area contributed by atoms with Crippen LogP contribution in [-0.4, -0.2) is 23.9 Å². The van der Waals surface area contributed by atoms with Gasteiger partial charge in [-0.25, -0.2) is 0 Å². The molecule has 0 fully saturated rings. The summed E-state index contributed by atoms with van der Waals surface area (Å²) in [6.45, 7) is 2.90. The largest absolute Gasteiger partial charge is 0.493 e. The molecule has 2 heterocycles. The van der Waals surface area contributed by atoms with Gasteiger partial charge in [0.1, 0.15) is 5.69 Å². The molecule has 0 aliphatic rings. The van der Waals surface area contributed by atoms with E-state index in [-0.39, 0.29) is 6.04 Å². The fourth-order valence-electron chi connectivity index (χ4n) is 2.01. The van der Waals surface area contributed by atoms with Gasteiger partial charge in [-0.1, -0.05) is 0 Å². The third-order valence-corrected chi connectivity index (χ3v) is 4.37. The monoisotopic (exact) mass is 329 g/mol. The highest BCUT2D eigenvalue weighted by atomic mass is 79.9. The van der Waals surface area contributed by atoms with Crippen LogP contribution in [0.3, 0.4) is 0 Å². The number of methoxy groups -OCH3 is 1. The Labute approximate surface area is 119 Å². The fourth-order valence-corrected chi connectivity index (χ4v) is 3.22. The second-order valence-electron chi connectivity index (χ2n) is 3.82. The number of hydrogen-bond acceptors (Lipinski definition) is 4. The van der Waals surface area contributed by atoms with Crippen molar-refractivity contribution in [2.45, 2.75) is 19.5 Å². The van der Waals surface area contributed by atoms with E-state index in [4.69, 9.17) is 4.74 Å². The van der Waals surface area contributed by atoms with Crippen molar-refractivity contribution >= 4 is 27.3 Å². The highest BCUT2D eigenvalue weighted by molar-refractivity contribution is 9.11. The lowest BCUT2D eigenvalue weighted by molar-refractivity contribution is 0.401. The molecule has 0 bridgehead atoms. The average molecular weight is 330 g/mol. The van der Waals surface area contributed by atoms with Crippen LogP contribution in [0.25, 0.3) is 0 Å². The van der Waals surface area contributed by atoms with Crippen LogP contribution in [0.1, 0.15) is 24.2 Å². The molecular weight excluding hydrogens is 314 g/mol. The van der Waals surface area contributed by atoms with Crippen molar-refractivity contribution in [3.63, 3.8) is 0 Å². The van der Waals surface area contributed by atoms with E-state index in [0.717, 1.165) is 21.8 Å². The maximum absolute atomic E-state index is 5.41. The summed E-state index contributed by atoms with van der Waals surface area (Å²) in [7, 11) is 3.62. The van der Waals surface area contributed by atoms with Crippen LogP contribution in [-0.2, 0) is 6.54 Å². The number of ether oxygens (including phenoxy) is 1. The van der Waals surface area contributed by atoms with Crippen molar-refractivity contribution in [1.29, 1.82) is 0 Å². The van der Waals surface area contributed by atoms with Crippen molar-refractivity contribution < 1.29 is 4.74 Å². The molecule has 0 aromatic carbocycles. The van der Waals surface area contributed by atoms with Gasteiger partial charge in [-0.3, -0.25) is 4.68 Å². The summed E-state index contributed by atoms with van der Waals surface area (Å²) in [5.41, 5.74) is 2.27. The minimum Gasteiger partial charge on any atom is -0.493 e. The zero-order valence-electron chi connectivity index (χ0n) is 10.6. The zero-order valence-corrected chi connectivity index (χ0v) is 13.0. The van der Waals surface area contributed by atoms with Gasteiger partial charge in [-0.05, 0) is 46.9 Å². The molecule has 6 heteroatoms. The molecule has 0 saturated carbocycles. The molecule has 18 heavy (non-hydrogen) atoms. The summed E-state index contributed by atoms with van der Waals surface area (Å²) in [6, 6.07) is 2.21. The number of nitrogens with zero attached hydrogens (tertiary/aromatic N) is 2. The molecule has 2 aromatic heterocycles. The number of aryl methyl sites for hydroxylation is 1.